The SMILES string of the molecule is Cc1csc2nc(COC(=O)COc3ccccc3[N+](=O)[O-])cc(=O)n12. The van der Waals surface area contributed by atoms with Gasteiger partial charge < -0.3 is 9.47 Å². The van der Waals surface area contributed by atoms with Gasteiger partial charge in [-0.15, -0.1) is 11.3 Å². The van der Waals surface area contributed by atoms with Crippen molar-refractivity contribution in [3.05, 3.63) is 67.6 Å². The first-order valence-corrected chi connectivity index (χ1v) is 8.32. The number of nitro groups is 1. The van der Waals surface area contributed by atoms with Crippen LogP contribution in [0.3, 0.4) is 0 Å². The molecule has 0 bridgehead atoms. The Balaban J connectivity index is 1.61. The van der Waals surface area contributed by atoms with E-state index in [1.54, 1.807) is 18.4 Å². The number of para-hydroxylation sites is 2. The molecule has 2 aromatic heterocycles. The van der Waals surface area contributed by atoms with Crippen molar-refractivity contribution in [2.24, 2.45) is 0 Å². The molecule has 0 amide bonds. The Kier molecular flexibility index (Phi) is 4.94. The predicted octanol–water partition coefficient (Wildman–Crippen LogP) is 2.09. The number of carbonyl (C=O) groups is 1. The van der Waals surface area contributed by atoms with E-state index < -0.39 is 17.5 Å². The van der Waals surface area contributed by atoms with Gasteiger partial charge in [0.15, 0.2) is 17.3 Å². The number of aromatic nitrogens is 2. The van der Waals surface area contributed by atoms with Crippen LogP contribution in [0.15, 0.2) is 40.5 Å². The van der Waals surface area contributed by atoms with Crippen LogP contribution in [-0.4, -0.2) is 26.9 Å². The average molecular weight is 375 g/mol. The molecule has 0 fully saturated rings. The Morgan fingerprint density at radius 3 is 2.92 bits per heavy atom. The normalized spacial score (nSPS) is 10.7. The molecule has 1 aromatic carbocycles. The highest BCUT2D eigenvalue weighted by molar-refractivity contribution is 7.15. The Hall–Kier alpha value is -3.27. The van der Waals surface area contributed by atoms with Gasteiger partial charge in [0.05, 0.1) is 10.6 Å². The Morgan fingerprint density at radius 2 is 2.15 bits per heavy atom. The lowest BCUT2D eigenvalue weighted by Crippen LogP contribution is -2.18. The Morgan fingerprint density at radius 1 is 1.38 bits per heavy atom. The molecular weight excluding hydrogens is 362 g/mol. The van der Waals surface area contributed by atoms with Crippen LogP contribution in [-0.2, 0) is 16.1 Å². The van der Waals surface area contributed by atoms with E-state index >= 15 is 0 Å². The van der Waals surface area contributed by atoms with Gasteiger partial charge in [0.2, 0.25) is 0 Å². The van der Waals surface area contributed by atoms with Gasteiger partial charge in [-0.1, -0.05) is 12.1 Å². The molecule has 0 unspecified atom stereocenters. The maximum atomic E-state index is 12.0. The third-order valence-corrected chi connectivity index (χ3v) is 4.36. The van der Waals surface area contributed by atoms with Crippen LogP contribution < -0.4 is 10.3 Å². The largest absolute Gasteiger partial charge is 0.475 e. The van der Waals surface area contributed by atoms with Crippen molar-refractivity contribution < 1.29 is 19.2 Å². The van der Waals surface area contributed by atoms with E-state index in [2.05, 4.69) is 4.98 Å². The highest BCUT2D eigenvalue weighted by atomic mass is 32.1. The van der Waals surface area contributed by atoms with Crippen LogP contribution in [0.5, 0.6) is 5.75 Å². The number of nitrogens with zero attached hydrogens (tertiary/aromatic N) is 3. The summed E-state index contributed by atoms with van der Waals surface area (Å²) in [6.45, 7) is 1.11. The van der Waals surface area contributed by atoms with Crippen molar-refractivity contribution >= 4 is 28.0 Å². The van der Waals surface area contributed by atoms with Crippen LogP contribution in [0.1, 0.15) is 11.4 Å². The lowest BCUT2D eigenvalue weighted by Gasteiger charge is -2.07. The van der Waals surface area contributed by atoms with Crippen LogP contribution >= 0.6 is 11.3 Å². The van der Waals surface area contributed by atoms with Gasteiger partial charge in [0, 0.05) is 23.2 Å². The van der Waals surface area contributed by atoms with E-state index in [1.807, 2.05) is 0 Å². The number of hydrogen-bond donors (Lipinski definition) is 0. The molecule has 10 heteroatoms. The van der Waals surface area contributed by atoms with Gasteiger partial charge >= 0.3 is 11.7 Å². The summed E-state index contributed by atoms with van der Waals surface area (Å²) in [6.07, 6.45) is 0. The first kappa shape index (κ1) is 17.5. The number of ether oxygens (including phenoxy) is 2. The summed E-state index contributed by atoms with van der Waals surface area (Å²) in [6, 6.07) is 7.01. The fraction of sp³-hybridized carbons (Fsp3) is 0.188. The lowest BCUT2D eigenvalue weighted by atomic mass is 10.3. The smallest absolute Gasteiger partial charge is 0.344 e. The number of esters is 1. The fourth-order valence-electron chi connectivity index (χ4n) is 2.24. The second kappa shape index (κ2) is 7.31. The second-order valence-electron chi connectivity index (χ2n) is 5.25. The van der Waals surface area contributed by atoms with Crippen LogP contribution in [0, 0.1) is 17.0 Å². The molecule has 0 N–H and O–H groups in total. The zero-order valence-electron chi connectivity index (χ0n) is 13.6. The third-order valence-electron chi connectivity index (χ3n) is 3.42. The third kappa shape index (κ3) is 3.70. The molecule has 134 valence electrons. The zero-order valence-corrected chi connectivity index (χ0v) is 14.4. The number of nitro benzene ring substituents is 1. The quantitative estimate of drug-likeness (QED) is 0.368. The standard InChI is InChI=1S/C16H13N3O6S/c1-10-9-26-16-17-11(6-14(20)18(10)16)7-25-15(21)8-24-13-5-3-2-4-12(13)19(22)23/h2-6,9H,7-8H2,1H3. The van der Waals surface area contributed by atoms with E-state index in [0.29, 0.717) is 10.7 Å². The highest BCUT2D eigenvalue weighted by Crippen LogP contribution is 2.25. The first-order chi connectivity index (χ1) is 12.5. The van der Waals surface area contributed by atoms with Crippen molar-refractivity contribution in [3.8, 4) is 5.75 Å². The van der Waals surface area contributed by atoms with Gasteiger partial charge in [0.1, 0.15) is 6.61 Å². The van der Waals surface area contributed by atoms with E-state index in [4.69, 9.17) is 9.47 Å². The second-order valence-corrected chi connectivity index (χ2v) is 6.09. The molecule has 26 heavy (non-hydrogen) atoms. The van der Waals surface area contributed by atoms with E-state index in [0.717, 1.165) is 5.69 Å². The minimum Gasteiger partial charge on any atom is -0.475 e. The maximum absolute atomic E-state index is 12.0. The summed E-state index contributed by atoms with van der Waals surface area (Å²) in [5.41, 5.74) is 0.601. The van der Waals surface area contributed by atoms with Crippen LogP contribution in [0.2, 0.25) is 0 Å². The zero-order chi connectivity index (χ0) is 18.7. The molecule has 0 aliphatic heterocycles. The number of hydrogen-bond acceptors (Lipinski definition) is 8. The van der Waals surface area contributed by atoms with E-state index in [-0.39, 0.29) is 23.6 Å². The summed E-state index contributed by atoms with van der Waals surface area (Å²) < 4.78 is 11.6. The van der Waals surface area contributed by atoms with Crippen LogP contribution in [0.25, 0.3) is 4.96 Å². The van der Waals surface area contributed by atoms with Gasteiger partial charge in [-0.3, -0.25) is 19.3 Å². The minimum absolute atomic E-state index is 0.0266. The summed E-state index contributed by atoms with van der Waals surface area (Å²) in [5.74, 6) is -0.756. The van der Waals surface area contributed by atoms with Gasteiger partial charge in [-0.25, -0.2) is 9.78 Å². The van der Waals surface area contributed by atoms with Crippen molar-refractivity contribution in [2.75, 3.05) is 6.61 Å². The summed E-state index contributed by atoms with van der Waals surface area (Å²) in [4.78, 5) is 38.9. The molecular formula is C16H13N3O6S. The monoisotopic (exact) mass is 375 g/mol. The lowest BCUT2D eigenvalue weighted by molar-refractivity contribution is -0.385. The molecule has 0 radical (unpaired) electrons. The van der Waals surface area contributed by atoms with E-state index in [1.165, 1.54) is 40.0 Å². The topological polar surface area (TPSA) is 113 Å². The number of benzene rings is 1. The molecule has 3 rings (SSSR count). The summed E-state index contributed by atoms with van der Waals surface area (Å²) in [5, 5.41) is 12.7. The van der Waals surface area contributed by atoms with Crippen molar-refractivity contribution in [3.63, 3.8) is 0 Å². The molecule has 9 nitrogen and oxygen atoms in total. The van der Waals surface area contributed by atoms with E-state index in [9.17, 15) is 19.7 Å². The van der Waals surface area contributed by atoms with Crippen LogP contribution in [0.4, 0.5) is 5.69 Å². The minimum atomic E-state index is -0.729. The number of carbonyl (C=O) groups excluding carboxylic acids is 1. The number of rotatable bonds is 6. The van der Waals surface area contributed by atoms with Crippen molar-refractivity contribution in [1.82, 2.24) is 9.38 Å². The molecule has 0 aliphatic rings. The fourth-order valence-corrected chi connectivity index (χ4v) is 3.13. The molecule has 2 heterocycles. The van der Waals surface area contributed by atoms with Gasteiger partial charge in [-0.05, 0) is 13.0 Å². The average Bonchev–Trinajstić information content (AvgIpc) is 2.99. The van der Waals surface area contributed by atoms with Crippen molar-refractivity contribution in [1.29, 1.82) is 0 Å². The Labute approximate surface area is 150 Å². The predicted molar refractivity (Wildman–Crippen MR) is 92.5 cm³/mol. The molecule has 0 atom stereocenters. The number of thiazole rings is 1. The molecule has 0 aliphatic carbocycles. The maximum Gasteiger partial charge on any atom is 0.344 e. The first-order valence-electron chi connectivity index (χ1n) is 7.44. The number of aryl methyl sites for hydroxylation is 1. The molecule has 0 saturated carbocycles. The van der Waals surface area contributed by atoms with Gasteiger partial charge in [-0.2, -0.15) is 0 Å². The van der Waals surface area contributed by atoms with Crippen molar-refractivity contribution in [2.45, 2.75) is 13.5 Å². The summed E-state index contributed by atoms with van der Waals surface area (Å²) in [7, 11) is 0. The number of fused-ring (bicyclic) bond motifs is 1. The summed E-state index contributed by atoms with van der Waals surface area (Å²) >= 11 is 1.31. The molecule has 0 spiro atoms. The molecule has 3 aromatic rings. The van der Waals surface area contributed by atoms with Gasteiger partial charge in [0.25, 0.3) is 5.56 Å². The Bertz CT molecular complexity index is 1040. The highest BCUT2D eigenvalue weighted by Gasteiger charge is 2.15. The molecule has 0 saturated heterocycles.